The lowest BCUT2D eigenvalue weighted by Gasteiger charge is -2.26. The highest BCUT2D eigenvalue weighted by molar-refractivity contribution is 5.36. The minimum atomic E-state index is 0.847. The van der Waals surface area contributed by atoms with E-state index >= 15 is 0 Å². The first-order valence-corrected chi connectivity index (χ1v) is 12.7. The Morgan fingerprint density at radius 3 is 2.11 bits per heavy atom. The van der Waals surface area contributed by atoms with Crippen LogP contribution in [0.2, 0.25) is 0 Å². The van der Waals surface area contributed by atoms with Gasteiger partial charge in [-0.2, -0.15) is 0 Å². The molecule has 1 unspecified atom stereocenters. The Labute approximate surface area is 176 Å². The molecule has 1 aromatic rings. The Bertz CT molecular complexity index is 525. The van der Waals surface area contributed by atoms with Gasteiger partial charge in [-0.1, -0.05) is 104 Å². The fourth-order valence-electron chi connectivity index (χ4n) is 4.93. The third-order valence-corrected chi connectivity index (χ3v) is 6.73. The summed E-state index contributed by atoms with van der Waals surface area (Å²) in [7, 11) is 0. The molecule has 0 heteroatoms. The molecule has 0 spiro atoms. The average Bonchev–Trinajstić information content (AvgIpc) is 2.67. The highest BCUT2D eigenvalue weighted by atomic mass is 14.2. The maximum atomic E-state index is 2.60. The van der Waals surface area contributed by atoms with Crippen molar-refractivity contribution in [2.75, 3.05) is 0 Å². The highest BCUT2D eigenvalue weighted by Gasteiger charge is 2.20. The minimum absolute atomic E-state index is 0.847. The summed E-state index contributed by atoms with van der Waals surface area (Å²) in [6.07, 6.45) is 21.0. The third-order valence-electron chi connectivity index (χ3n) is 6.73. The maximum absolute atomic E-state index is 2.60. The van der Waals surface area contributed by atoms with Crippen molar-refractivity contribution in [3.8, 4) is 0 Å². The van der Waals surface area contributed by atoms with Crippen molar-refractivity contribution in [1.29, 1.82) is 0 Å². The van der Waals surface area contributed by atoms with Gasteiger partial charge < -0.3 is 0 Å². The Kier molecular flexibility index (Phi) is 11.3. The second kappa shape index (κ2) is 13.4. The van der Waals surface area contributed by atoms with Gasteiger partial charge in [-0.25, -0.2) is 0 Å². The number of benzene rings is 1. The zero-order chi connectivity index (χ0) is 20.2. The van der Waals surface area contributed by atoms with Crippen molar-refractivity contribution >= 4 is 0 Å². The molecular weight excluding hydrogens is 336 g/mol. The molecule has 2 rings (SSSR count). The normalized spacial score (nSPS) is 16.7. The van der Waals surface area contributed by atoms with Crippen LogP contribution in [0.3, 0.4) is 0 Å². The first-order chi connectivity index (χ1) is 13.6. The number of rotatable bonds is 14. The minimum Gasteiger partial charge on any atom is -0.0628 e. The van der Waals surface area contributed by atoms with Crippen LogP contribution >= 0.6 is 0 Å². The van der Waals surface area contributed by atoms with Crippen LogP contribution in [0.25, 0.3) is 0 Å². The van der Waals surface area contributed by atoms with E-state index in [1.807, 2.05) is 0 Å². The van der Waals surface area contributed by atoms with Gasteiger partial charge in [0.1, 0.15) is 0 Å². The Morgan fingerprint density at radius 1 is 0.786 bits per heavy atom. The molecule has 0 N–H and O–H groups in total. The molecule has 1 aliphatic carbocycles. The predicted molar refractivity (Wildman–Crippen MR) is 126 cm³/mol. The van der Waals surface area contributed by atoms with E-state index in [1.54, 1.807) is 16.7 Å². The molecular formula is C28H48. The van der Waals surface area contributed by atoms with Crippen molar-refractivity contribution in [3.05, 3.63) is 34.9 Å². The van der Waals surface area contributed by atoms with Gasteiger partial charge in [-0.3, -0.25) is 0 Å². The summed E-state index contributed by atoms with van der Waals surface area (Å²) in [6.45, 7) is 9.38. The van der Waals surface area contributed by atoms with E-state index in [0.29, 0.717) is 0 Å². The van der Waals surface area contributed by atoms with Crippen LogP contribution in [0.15, 0.2) is 18.2 Å². The Morgan fingerprint density at radius 2 is 1.43 bits per heavy atom. The lowest BCUT2D eigenvalue weighted by Crippen LogP contribution is -2.10. The molecule has 1 atom stereocenters. The van der Waals surface area contributed by atoms with E-state index in [1.165, 1.54) is 96.3 Å². The van der Waals surface area contributed by atoms with Crippen molar-refractivity contribution in [3.63, 3.8) is 0 Å². The zero-order valence-electron chi connectivity index (χ0n) is 19.6. The number of aryl methyl sites for hydroxylation is 2. The van der Waals surface area contributed by atoms with Gasteiger partial charge in [0.15, 0.2) is 0 Å². The molecule has 0 aromatic heterocycles. The molecule has 0 heterocycles. The van der Waals surface area contributed by atoms with Gasteiger partial charge in [0, 0.05) is 0 Å². The fraction of sp³-hybridized carbons (Fsp3) is 0.786. The maximum Gasteiger partial charge on any atom is -0.0159 e. The number of hydrogen-bond acceptors (Lipinski definition) is 0. The van der Waals surface area contributed by atoms with E-state index in [4.69, 9.17) is 0 Å². The summed E-state index contributed by atoms with van der Waals surface area (Å²) in [4.78, 5) is 0. The van der Waals surface area contributed by atoms with Gasteiger partial charge in [0.05, 0.1) is 0 Å². The molecule has 0 nitrogen and oxygen atoms in total. The lowest BCUT2D eigenvalue weighted by atomic mass is 9.79. The second-order valence-electron chi connectivity index (χ2n) is 10.4. The van der Waals surface area contributed by atoms with Crippen LogP contribution in [-0.4, -0.2) is 0 Å². The monoisotopic (exact) mass is 384 g/mol. The Hall–Kier alpha value is -0.780. The summed E-state index contributed by atoms with van der Waals surface area (Å²) < 4.78 is 0. The molecule has 0 amide bonds. The van der Waals surface area contributed by atoms with E-state index in [-0.39, 0.29) is 0 Å². The SMILES string of the molecule is CC(C)CCCCCCc1ccc2c(c1)C(CCCCCCC(C)C)CCC2. The van der Waals surface area contributed by atoms with Gasteiger partial charge in [-0.05, 0) is 73.0 Å². The van der Waals surface area contributed by atoms with Crippen LogP contribution in [0.5, 0.6) is 0 Å². The van der Waals surface area contributed by atoms with Crippen LogP contribution in [-0.2, 0) is 12.8 Å². The summed E-state index contributed by atoms with van der Waals surface area (Å²) in [5, 5.41) is 0. The lowest BCUT2D eigenvalue weighted by molar-refractivity contribution is 0.471. The molecule has 160 valence electrons. The zero-order valence-corrected chi connectivity index (χ0v) is 19.6. The largest absolute Gasteiger partial charge is 0.0628 e. The van der Waals surface area contributed by atoms with Crippen molar-refractivity contribution in [1.82, 2.24) is 0 Å². The fourth-order valence-corrected chi connectivity index (χ4v) is 4.93. The third kappa shape index (κ3) is 9.15. The molecule has 1 aliphatic rings. The van der Waals surface area contributed by atoms with Crippen molar-refractivity contribution in [2.24, 2.45) is 11.8 Å². The molecule has 0 bridgehead atoms. The molecule has 0 saturated heterocycles. The van der Waals surface area contributed by atoms with Gasteiger partial charge in [0.2, 0.25) is 0 Å². The molecule has 0 radical (unpaired) electrons. The van der Waals surface area contributed by atoms with Gasteiger partial charge in [-0.15, -0.1) is 0 Å². The summed E-state index contributed by atoms with van der Waals surface area (Å²) in [6, 6.07) is 7.51. The topological polar surface area (TPSA) is 0 Å². The van der Waals surface area contributed by atoms with E-state index in [0.717, 1.165) is 17.8 Å². The average molecular weight is 385 g/mol. The van der Waals surface area contributed by atoms with E-state index < -0.39 is 0 Å². The van der Waals surface area contributed by atoms with Crippen LogP contribution in [0.4, 0.5) is 0 Å². The first kappa shape index (κ1) is 23.5. The smallest absolute Gasteiger partial charge is 0.0159 e. The number of hydrogen-bond donors (Lipinski definition) is 0. The van der Waals surface area contributed by atoms with Gasteiger partial charge in [0.25, 0.3) is 0 Å². The van der Waals surface area contributed by atoms with Crippen LogP contribution < -0.4 is 0 Å². The first-order valence-electron chi connectivity index (χ1n) is 12.7. The molecule has 1 aromatic carbocycles. The van der Waals surface area contributed by atoms with Gasteiger partial charge >= 0.3 is 0 Å². The number of unbranched alkanes of at least 4 members (excludes halogenated alkanes) is 6. The highest BCUT2D eigenvalue weighted by Crippen LogP contribution is 2.36. The van der Waals surface area contributed by atoms with E-state index in [9.17, 15) is 0 Å². The molecule has 28 heavy (non-hydrogen) atoms. The van der Waals surface area contributed by atoms with Crippen LogP contribution in [0, 0.1) is 11.8 Å². The summed E-state index contributed by atoms with van der Waals surface area (Å²) in [5.41, 5.74) is 4.99. The van der Waals surface area contributed by atoms with Crippen LogP contribution in [0.1, 0.15) is 134 Å². The van der Waals surface area contributed by atoms with Crippen molar-refractivity contribution < 1.29 is 0 Å². The predicted octanol–water partition coefficient (Wildman–Crippen LogP) is 9.25. The summed E-state index contributed by atoms with van der Waals surface area (Å²) >= 11 is 0. The molecule has 0 fully saturated rings. The molecule has 0 aliphatic heterocycles. The second-order valence-corrected chi connectivity index (χ2v) is 10.4. The summed E-state index contributed by atoms with van der Waals surface area (Å²) in [5.74, 6) is 2.59. The number of fused-ring (bicyclic) bond motifs is 1. The standard InChI is InChI=1S/C28H48/c1-23(2)14-9-5-7-11-16-25-20-21-27-19-13-18-26(28(27)22-25)17-12-8-6-10-15-24(3)4/h20-24,26H,5-19H2,1-4H3. The quantitative estimate of drug-likeness (QED) is 0.280. The Balaban J connectivity index is 1.73. The molecule has 0 saturated carbocycles. The van der Waals surface area contributed by atoms with E-state index in [2.05, 4.69) is 45.9 Å². The van der Waals surface area contributed by atoms with Crippen molar-refractivity contribution in [2.45, 2.75) is 130 Å².